The Labute approximate surface area is 162 Å². The van der Waals surface area contributed by atoms with E-state index in [9.17, 15) is 19.2 Å². The van der Waals surface area contributed by atoms with Crippen molar-refractivity contribution in [3.63, 3.8) is 0 Å². The van der Waals surface area contributed by atoms with Crippen LogP contribution in [0.1, 0.15) is 59.2 Å². The number of urea groups is 1. The van der Waals surface area contributed by atoms with Crippen molar-refractivity contribution in [3.8, 4) is 0 Å². The molecule has 1 heterocycles. The molecule has 146 valence electrons. The molecule has 6 rings (SSSR count). The molecular weight excluding hydrogens is 358 g/mol. The van der Waals surface area contributed by atoms with E-state index in [4.69, 9.17) is 0 Å². The second-order valence-electron chi connectivity index (χ2n) is 8.94. The van der Waals surface area contributed by atoms with E-state index in [1.165, 1.54) is 19.3 Å². The van der Waals surface area contributed by atoms with Crippen LogP contribution in [-0.2, 0) is 4.79 Å². The van der Waals surface area contributed by atoms with E-state index in [0.29, 0.717) is 28.9 Å². The van der Waals surface area contributed by atoms with Crippen molar-refractivity contribution in [1.29, 1.82) is 0 Å². The average Bonchev–Trinajstić information content (AvgIpc) is 2.85. The highest BCUT2D eigenvalue weighted by Crippen LogP contribution is 2.55. The van der Waals surface area contributed by atoms with Crippen molar-refractivity contribution < 1.29 is 19.2 Å². The zero-order valence-electron chi connectivity index (χ0n) is 15.6. The summed E-state index contributed by atoms with van der Waals surface area (Å²) >= 11 is 0. The predicted molar refractivity (Wildman–Crippen MR) is 99.4 cm³/mol. The third-order valence-electron chi connectivity index (χ3n) is 6.85. The smallest absolute Gasteiger partial charge is 0.321 e. The second-order valence-corrected chi connectivity index (χ2v) is 8.94. The molecule has 0 radical (unpaired) electrons. The Morgan fingerprint density at radius 2 is 1.43 bits per heavy atom. The van der Waals surface area contributed by atoms with Gasteiger partial charge in [-0.15, -0.1) is 0 Å². The third kappa shape index (κ3) is 2.80. The lowest BCUT2D eigenvalue weighted by molar-refractivity contribution is -0.120. The molecule has 7 heteroatoms. The number of fused-ring (bicyclic) bond motifs is 1. The predicted octanol–water partition coefficient (Wildman–Crippen LogP) is 2.08. The first-order valence-corrected chi connectivity index (χ1v) is 10.00. The summed E-state index contributed by atoms with van der Waals surface area (Å²) in [7, 11) is 0. The van der Waals surface area contributed by atoms with Crippen LogP contribution in [0.2, 0.25) is 0 Å². The zero-order chi connectivity index (χ0) is 19.5. The quantitative estimate of drug-likeness (QED) is 0.784. The van der Waals surface area contributed by atoms with Gasteiger partial charge in [0.1, 0.15) is 6.54 Å². The lowest BCUT2D eigenvalue weighted by Crippen LogP contribution is -2.62. The number of amides is 5. The highest BCUT2D eigenvalue weighted by molar-refractivity contribution is 6.22. The third-order valence-corrected chi connectivity index (χ3v) is 6.85. The normalized spacial score (nSPS) is 32.4. The number of hydrogen-bond donors (Lipinski definition) is 2. The minimum Gasteiger partial charge on any atom is -0.332 e. The van der Waals surface area contributed by atoms with E-state index in [2.05, 4.69) is 10.6 Å². The Bertz CT molecular complexity index is 823. The molecule has 1 aliphatic heterocycles. The van der Waals surface area contributed by atoms with Crippen LogP contribution in [0.5, 0.6) is 0 Å². The first-order valence-electron chi connectivity index (χ1n) is 10.00. The van der Waals surface area contributed by atoms with Crippen LogP contribution in [0.3, 0.4) is 0 Å². The van der Waals surface area contributed by atoms with Crippen LogP contribution in [0.15, 0.2) is 24.3 Å². The summed E-state index contributed by atoms with van der Waals surface area (Å²) in [6.45, 7) is -0.458. The molecule has 4 saturated carbocycles. The number of imide groups is 2. The van der Waals surface area contributed by atoms with Crippen LogP contribution < -0.4 is 10.6 Å². The number of nitrogens with one attached hydrogen (secondary N) is 2. The fourth-order valence-electron chi connectivity index (χ4n) is 6.23. The molecule has 1 aromatic carbocycles. The summed E-state index contributed by atoms with van der Waals surface area (Å²) in [4.78, 5) is 50.4. The maximum Gasteiger partial charge on any atom is 0.321 e. The standard InChI is InChI=1S/C21H23N3O4/c25-17(11-24-18(26)15-3-1-2-4-16(15)19(24)27)22-20(28)23-21-8-12-5-13(9-21)7-14(6-12)10-21/h1-4,12-14H,5-11H2,(H2,22,23,25,28). The maximum atomic E-state index is 12.5. The van der Waals surface area contributed by atoms with Gasteiger partial charge < -0.3 is 5.32 Å². The van der Waals surface area contributed by atoms with Gasteiger partial charge in [-0.1, -0.05) is 12.1 Å². The van der Waals surface area contributed by atoms with E-state index >= 15 is 0 Å². The monoisotopic (exact) mass is 381 g/mol. The average molecular weight is 381 g/mol. The van der Waals surface area contributed by atoms with Crippen LogP contribution in [0.25, 0.3) is 0 Å². The second kappa shape index (κ2) is 6.15. The SMILES string of the molecule is O=C(CN1C(=O)c2ccccc2C1=O)NC(=O)NC12CC3CC(CC(C3)C1)C2. The summed E-state index contributed by atoms with van der Waals surface area (Å²) in [6, 6.07) is 5.95. The molecular formula is C21H23N3O4. The maximum absolute atomic E-state index is 12.5. The summed E-state index contributed by atoms with van der Waals surface area (Å²) < 4.78 is 0. The minimum absolute atomic E-state index is 0.200. The fraction of sp³-hybridized carbons (Fsp3) is 0.524. The van der Waals surface area contributed by atoms with Crippen LogP contribution in [0.4, 0.5) is 4.79 Å². The number of carbonyl (C=O) groups is 4. The molecule has 1 aromatic rings. The Kier molecular flexibility index (Phi) is 3.82. The van der Waals surface area contributed by atoms with E-state index in [-0.39, 0.29) is 5.54 Å². The number of carbonyl (C=O) groups excluding carboxylic acids is 4. The summed E-state index contributed by atoms with van der Waals surface area (Å²) in [6.07, 6.45) is 6.75. The van der Waals surface area contributed by atoms with Crippen LogP contribution >= 0.6 is 0 Å². The Balaban J connectivity index is 1.20. The molecule has 28 heavy (non-hydrogen) atoms. The largest absolute Gasteiger partial charge is 0.332 e. The molecule has 4 bridgehead atoms. The van der Waals surface area contributed by atoms with Gasteiger partial charge in [-0.3, -0.25) is 24.6 Å². The molecule has 5 aliphatic rings. The summed E-state index contributed by atoms with van der Waals surface area (Å²) in [5.41, 5.74) is 0.380. The van der Waals surface area contributed by atoms with Gasteiger partial charge in [-0.2, -0.15) is 0 Å². The van der Waals surface area contributed by atoms with Gasteiger partial charge in [0, 0.05) is 5.54 Å². The van der Waals surface area contributed by atoms with Gasteiger partial charge in [0.05, 0.1) is 11.1 Å². The molecule has 4 aliphatic carbocycles. The summed E-state index contributed by atoms with van der Waals surface area (Å²) in [5.74, 6) is 0.382. The first-order chi connectivity index (χ1) is 13.4. The van der Waals surface area contributed by atoms with Crippen LogP contribution in [0, 0.1) is 17.8 Å². The number of benzene rings is 1. The topological polar surface area (TPSA) is 95.6 Å². The van der Waals surface area contributed by atoms with Gasteiger partial charge in [-0.05, 0) is 68.4 Å². The zero-order valence-corrected chi connectivity index (χ0v) is 15.6. The first kappa shape index (κ1) is 17.4. The Morgan fingerprint density at radius 1 is 0.929 bits per heavy atom. The molecule has 2 N–H and O–H groups in total. The van der Waals surface area contributed by atoms with Gasteiger partial charge in [0.25, 0.3) is 11.8 Å². The van der Waals surface area contributed by atoms with E-state index in [1.54, 1.807) is 24.3 Å². The van der Waals surface area contributed by atoms with Gasteiger partial charge in [-0.25, -0.2) is 4.79 Å². The fourth-order valence-corrected chi connectivity index (χ4v) is 6.23. The van der Waals surface area contributed by atoms with Crippen molar-refractivity contribution in [1.82, 2.24) is 15.5 Å². The van der Waals surface area contributed by atoms with Crippen LogP contribution in [-0.4, -0.2) is 40.7 Å². The van der Waals surface area contributed by atoms with E-state index in [1.807, 2.05) is 0 Å². The van der Waals surface area contributed by atoms with Gasteiger partial charge in [0.15, 0.2) is 0 Å². The van der Waals surface area contributed by atoms with Gasteiger partial charge in [0.2, 0.25) is 5.91 Å². The van der Waals surface area contributed by atoms with E-state index < -0.39 is 30.3 Å². The number of nitrogens with zero attached hydrogens (tertiary/aromatic N) is 1. The number of hydrogen-bond acceptors (Lipinski definition) is 4. The van der Waals surface area contributed by atoms with E-state index in [0.717, 1.165) is 24.2 Å². The van der Waals surface area contributed by atoms with Crippen molar-refractivity contribution >= 4 is 23.8 Å². The molecule has 0 saturated heterocycles. The highest BCUT2D eigenvalue weighted by atomic mass is 16.2. The van der Waals surface area contributed by atoms with Crippen molar-refractivity contribution in [2.75, 3.05) is 6.54 Å². The lowest BCUT2D eigenvalue weighted by Gasteiger charge is -2.56. The molecule has 5 amide bonds. The van der Waals surface area contributed by atoms with Gasteiger partial charge >= 0.3 is 6.03 Å². The molecule has 0 spiro atoms. The Morgan fingerprint density at radius 3 is 1.93 bits per heavy atom. The number of rotatable bonds is 3. The molecule has 7 nitrogen and oxygen atoms in total. The molecule has 0 atom stereocenters. The van der Waals surface area contributed by atoms with Crippen molar-refractivity contribution in [2.24, 2.45) is 17.8 Å². The lowest BCUT2D eigenvalue weighted by atomic mass is 9.53. The Hall–Kier alpha value is -2.70. The highest BCUT2D eigenvalue weighted by Gasteiger charge is 2.51. The van der Waals surface area contributed by atoms with Crippen molar-refractivity contribution in [3.05, 3.63) is 35.4 Å². The summed E-state index contributed by atoms with van der Waals surface area (Å²) in [5, 5.41) is 5.38. The molecule has 0 aromatic heterocycles. The molecule has 0 unspecified atom stereocenters. The molecule has 4 fully saturated rings. The minimum atomic E-state index is -0.656. The van der Waals surface area contributed by atoms with Crippen molar-refractivity contribution in [2.45, 2.75) is 44.1 Å².